The van der Waals surface area contributed by atoms with Gasteiger partial charge in [0, 0.05) is 36.0 Å². The standard InChI is InChI=1S/C19H23BrN4O2/c1-13-4-6-16(7-5-13)23-19(26)22-10-14-3-2-8-24(12-14)18(25)17-9-15(20)11-21-17/h4-7,9,11,14,21H,2-3,8,10,12H2,1H3,(H2,22,23,26). The molecule has 1 atom stereocenters. The smallest absolute Gasteiger partial charge is 0.319 e. The van der Waals surface area contributed by atoms with Crippen LogP contribution in [0.15, 0.2) is 41.0 Å². The van der Waals surface area contributed by atoms with E-state index in [4.69, 9.17) is 0 Å². The van der Waals surface area contributed by atoms with E-state index in [0.29, 0.717) is 18.8 Å². The fraction of sp³-hybridized carbons (Fsp3) is 0.368. The third kappa shape index (κ3) is 4.88. The molecule has 1 aromatic carbocycles. The van der Waals surface area contributed by atoms with E-state index in [-0.39, 0.29) is 17.9 Å². The number of hydrogen-bond donors (Lipinski definition) is 3. The highest BCUT2D eigenvalue weighted by atomic mass is 79.9. The molecular formula is C19H23BrN4O2. The fourth-order valence-electron chi connectivity index (χ4n) is 3.13. The van der Waals surface area contributed by atoms with Crippen LogP contribution < -0.4 is 10.6 Å². The molecule has 0 spiro atoms. The van der Waals surface area contributed by atoms with Crippen LogP contribution in [0.1, 0.15) is 28.9 Å². The number of piperidine rings is 1. The molecule has 0 saturated carbocycles. The van der Waals surface area contributed by atoms with Gasteiger partial charge in [0.05, 0.1) is 0 Å². The summed E-state index contributed by atoms with van der Waals surface area (Å²) in [7, 11) is 0. The third-order valence-electron chi connectivity index (χ3n) is 4.55. The van der Waals surface area contributed by atoms with Gasteiger partial charge in [-0.3, -0.25) is 4.79 Å². The lowest BCUT2D eigenvalue weighted by Crippen LogP contribution is -2.44. The van der Waals surface area contributed by atoms with Crippen molar-refractivity contribution in [2.24, 2.45) is 5.92 Å². The molecule has 1 aliphatic rings. The van der Waals surface area contributed by atoms with Crippen LogP contribution in [0, 0.1) is 12.8 Å². The Morgan fingerprint density at radius 3 is 2.77 bits per heavy atom. The first-order valence-electron chi connectivity index (χ1n) is 8.76. The number of nitrogens with zero attached hydrogens (tertiary/aromatic N) is 1. The van der Waals surface area contributed by atoms with Gasteiger partial charge >= 0.3 is 6.03 Å². The van der Waals surface area contributed by atoms with Gasteiger partial charge in [-0.1, -0.05) is 17.7 Å². The summed E-state index contributed by atoms with van der Waals surface area (Å²) in [4.78, 5) is 29.4. The minimum Gasteiger partial charge on any atom is -0.356 e. The van der Waals surface area contributed by atoms with E-state index in [1.807, 2.05) is 36.1 Å². The highest BCUT2D eigenvalue weighted by Crippen LogP contribution is 2.19. The van der Waals surface area contributed by atoms with Crippen molar-refractivity contribution < 1.29 is 9.59 Å². The summed E-state index contributed by atoms with van der Waals surface area (Å²) >= 11 is 3.35. The number of aromatic amines is 1. The number of benzene rings is 1. The Morgan fingerprint density at radius 1 is 1.31 bits per heavy atom. The van der Waals surface area contributed by atoms with E-state index in [1.54, 1.807) is 12.3 Å². The van der Waals surface area contributed by atoms with Crippen LogP contribution in [-0.2, 0) is 0 Å². The summed E-state index contributed by atoms with van der Waals surface area (Å²) in [6.07, 6.45) is 3.70. The van der Waals surface area contributed by atoms with E-state index >= 15 is 0 Å². The monoisotopic (exact) mass is 418 g/mol. The maximum Gasteiger partial charge on any atom is 0.319 e. The predicted molar refractivity (Wildman–Crippen MR) is 105 cm³/mol. The fourth-order valence-corrected chi connectivity index (χ4v) is 3.47. The molecule has 3 rings (SSSR count). The molecule has 0 aliphatic carbocycles. The molecule has 0 radical (unpaired) electrons. The molecule has 1 fully saturated rings. The van der Waals surface area contributed by atoms with Crippen LogP contribution in [0.3, 0.4) is 0 Å². The maximum atomic E-state index is 12.5. The first kappa shape index (κ1) is 18.5. The first-order chi connectivity index (χ1) is 12.5. The number of anilines is 1. The number of H-pyrrole nitrogens is 1. The summed E-state index contributed by atoms with van der Waals surface area (Å²) in [6.45, 7) is 3.96. The van der Waals surface area contributed by atoms with Crippen molar-refractivity contribution in [2.75, 3.05) is 25.0 Å². The Hall–Kier alpha value is -2.28. The third-order valence-corrected chi connectivity index (χ3v) is 5.00. The number of carbonyl (C=O) groups is 2. The lowest BCUT2D eigenvalue weighted by molar-refractivity contribution is 0.0670. The second-order valence-corrected chi connectivity index (χ2v) is 7.61. The number of halogens is 1. The number of aromatic nitrogens is 1. The second kappa shape index (κ2) is 8.40. The average molecular weight is 419 g/mol. The molecule has 1 aliphatic heterocycles. The molecule has 1 unspecified atom stereocenters. The van der Waals surface area contributed by atoms with Crippen molar-refractivity contribution in [1.82, 2.24) is 15.2 Å². The number of hydrogen-bond acceptors (Lipinski definition) is 2. The van der Waals surface area contributed by atoms with Crippen LogP contribution >= 0.6 is 15.9 Å². The van der Waals surface area contributed by atoms with Gasteiger partial charge in [-0.2, -0.15) is 0 Å². The SMILES string of the molecule is Cc1ccc(NC(=O)NCC2CCCN(C(=O)c3cc(Br)c[nH]3)C2)cc1. The van der Waals surface area contributed by atoms with Gasteiger partial charge in [0.15, 0.2) is 0 Å². The van der Waals surface area contributed by atoms with Gasteiger partial charge < -0.3 is 20.5 Å². The molecule has 138 valence electrons. The number of carbonyl (C=O) groups excluding carboxylic acids is 2. The summed E-state index contributed by atoms with van der Waals surface area (Å²) < 4.78 is 0.865. The van der Waals surface area contributed by atoms with Crippen molar-refractivity contribution in [3.63, 3.8) is 0 Å². The summed E-state index contributed by atoms with van der Waals surface area (Å²) in [5, 5.41) is 5.75. The van der Waals surface area contributed by atoms with Gasteiger partial charge in [-0.15, -0.1) is 0 Å². The highest BCUT2D eigenvalue weighted by Gasteiger charge is 2.25. The molecule has 6 nitrogen and oxygen atoms in total. The predicted octanol–water partition coefficient (Wildman–Crippen LogP) is 3.76. The Kier molecular flexibility index (Phi) is 5.98. The number of rotatable bonds is 4. The maximum absolute atomic E-state index is 12.5. The van der Waals surface area contributed by atoms with Crippen LogP contribution in [0.5, 0.6) is 0 Å². The highest BCUT2D eigenvalue weighted by molar-refractivity contribution is 9.10. The van der Waals surface area contributed by atoms with Gasteiger partial charge in [0.1, 0.15) is 5.69 Å². The Balaban J connectivity index is 1.48. The lowest BCUT2D eigenvalue weighted by atomic mass is 9.98. The largest absolute Gasteiger partial charge is 0.356 e. The normalized spacial score (nSPS) is 17.0. The van der Waals surface area contributed by atoms with Gasteiger partial charge in [0.25, 0.3) is 5.91 Å². The zero-order chi connectivity index (χ0) is 18.5. The molecule has 7 heteroatoms. The second-order valence-electron chi connectivity index (χ2n) is 6.69. The molecule has 26 heavy (non-hydrogen) atoms. The molecule has 1 aromatic heterocycles. The van der Waals surface area contributed by atoms with Crippen molar-refractivity contribution in [1.29, 1.82) is 0 Å². The number of aryl methyl sites for hydroxylation is 1. The van der Waals surface area contributed by atoms with Gasteiger partial charge in [-0.05, 0) is 59.8 Å². The van der Waals surface area contributed by atoms with E-state index in [1.165, 1.54) is 0 Å². The van der Waals surface area contributed by atoms with Gasteiger partial charge in [0.2, 0.25) is 0 Å². The van der Waals surface area contributed by atoms with E-state index < -0.39 is 0 Å². The van der Waals surface area contributed by atoms with Crippen molar-refractivity contribution >= 4 is 33.6 Å². The quantitative estimate of drug-likeness (QED) is 0.706. The van der Waals surface area contributed by atoms with E-state index in [0.717, 1.165) is 35.1 Å². The molecule has 3 N–H and O–H groups in total. The zero-order valence-corrected chi connectivity index (χ0v) is 16.3. The van der Waals surface area contributed by atoms with Crippen molar-refractivity contribution in [3.8, 4) is 0 Å². The molecular weight excluding hydrogens is 396 g/mol. The number of urea groups is 1. The Bertz CT molecular complexity index is 772. The lowest BCUT2D eigenvalue weighted by Gasteiger charge is -2.32. The van der Waals surface area contributed by atoms with Crippen LogP contribution in [0.2, 0.25) is 0 Å². The summed E-state index contributed by atoms with van der Waals surface area (Å²) in [6, 6.07) is 9.25. The van der Waals surface area contributed by atoms with E-state index in [9.17, 15) is 9.59 Å². The summed E-state index contributed by atoms with van der Waals surface area (Å²) in [5.74, 6) is 0.263. The number of likely N-dealkylation sites (tertiary alicyclic amines) is 1. The van der Waals surface area contributed by atoms with E-state index in [2.05, 4.69) is 31.5 Å². The number of amides is 3. The topological polar surface area (TPSA) is 77.2 Å². The van der Waals surface area contributed by atoms with Crippen LogP contribution in [0.25, 0.3) is 0 Å². The molecule has 0 bridgehead atoms. The number of nitrogens with one attached hydrogen (secondary N) is 3. The molecule has 2 heterocycles. The Labute approximate surface area is 161 Å². The van der Waals surface area contributed by atoms with Crippen molar-refractivity contribution in [2.45, 2.75) is 19.8 Å². The van der Waals surface area contributed by atoms with Gasteiger partial charge in [-0.25, -0.2) is 4.79 Å². The first-order valence-corrected chi connectivity index (χ1v) is 9.55. The summed E-state index contributed by atoms with van der Waals surface area (Å²) in [5.41, 5.74) is 2.51. The minimum absolute atomic E-state index is 0.00417. The van der Waals surface area contributed by atoms with Crippen LogP contribution in [0.4, 0.5) is 10.5 Å². The molecule has 2 aromatic rings. The molecule has 3 amide bonds. The van der Waals surface area contributed by atoms with Crippen molar-refractivity contribution in [3.05, 3.63) is 52.3 Å². The average Bonchev–Trinajstić information content (AvgIpc) is 3.08. The molecule has 1 saturated heterocycles. The Morgan fingerprint density at radius 2 is 2.08 bits per heavy atom. The van der Waals surface area contributed by atoms with Crippen LogP contribution in [-0.4, -0.2) is 41.5 Å². The minimum atomic E-state index is -0.217. The zero-order valence-electron chi connectivity index (χ0n) is 14.7.